The van der Waals surface area contributed by atoms with Gasteiger partial charge in [0.2, 0.25) is 5.88 Å². The third-order valence-electron chi connectivity index (χ3n) is 3.26. The van der Waals surface area contributed by atoms with Crippen LogP contribution in [0.5, 0.6) is 5.88 Å². The van der Waals surface area contributed by atoms with Crippen molar-refractivity contribution in [3.63, 3.8) is 0 Å². The van der Waals surface area contributed by atoms with Crippen LogP contribution in [0.2, 0.25) is 0 Å². The van der Waals surface area contributed by atoms with E-state index in [2.05, 4.69) is 25.3 Å². The van der Waals surface area contributed by atoms with Gasteiger partial charge in [-0.1, -0.05) is 0 Å². The van der Waals surface area contributed by atoms with Crippen LogP contribution in [0.1, 0.15) is 32.0 Å². The minimum Gasteiger partial charge on any atom is -0.471 e. The lowest BCUT2D eigenvalue weighted by Crippen LogP contribution is -2.50. The van der Waals surface area contributed by atoms with Gasteiger partial charge in [0.05, 0.1) is 5.69 Å². The third kappa shape index (κ3) is 4.92. The molecular weight excluding hydrogens is 284 g/mol. The molecule has 0 amide bonds. The van der Waals surface area contributed by atoms with Gasteiger partial charge < -0.3 is 20.1 Å². The van der Waals surface area contributed by atoms with E-state index >= 15 is 0 Å². The average molecular weight is 308 g/mol. The normalized spacial score (nSPS) is 17.4. The van der Waals surface area contributed by atoms with Gasteiger partial charge in [-0.25, -0.2) is 9.97 Å². The van der Waals surface area contributed by atoms with Gasteiger partial charge in [-0.05, 0) is 20.8 Å². The second kappa shape index (κ2) is 7.51. The summed E-state index contributed by atoms with van der Waals surface area (Å²) in [6.07, 6.45) is 2.86. The molecule has 0 spiro atoms. The van der Waals surface area contributed by atoms with Crippen molar-refractivity contribution in [1.29, 1.82) is 0 Å². The number of aromatic nitrogens is 2. The Bertz CT molecular complexity index is 498. The van der Waals surface area contributed by atoms with Gasteiger partial charge in [-0.3, -0.25) is 4.79 Å². The van der Waals surface area contributed by atoms with Crippen molar-refractivity contribution < 1.29 is 14.3 Å². The highest BCUT2D eigenvalue weighted by atomic mass is 16.5. The van der Waals surface area contributed by atoms with E-state index in [4.69, 9.17) is 4.74 Å². The fraction of sp³-hybridized carbons (Fsp3) is 0.667. The van der Waals surface area contributed by atoms with Gasteiger partial charge >= 0.3 is 0 Å². The zero-order valence-corrected chi connectivity index (χ0v) is 13.4. The van der Waals surface area contributed by atoms with E-state index in [-0.39, 0.29) is 11.7 Å². The van der Waals surface area contributed by atoms with Crippen molar-refractivity contribution in [2.45, 2.75) is 45.4 Å². The lowest BCUT2D eigenvalue weighted by atomic mass is 10.1. The molecule has 1 saturated heterocycles. The Morgan fingerprint density at radius 3 is 2.59 bits per heavy atom. The van der Waals surface area contributed by atoms with Crippen LogP contribution in [-0.4, -0.2) is 47.8 Å². The van der Waals surface area contributed by atoms with Gasteiger partial charge in [0, 0.05) is 38.2 Å². The van der Waals surface area contributed by atoms with Crippen molar-refractivity contribution in [2.24, 2.45) is 0 Å². The lowest BCUT2D eigenvalue weighted by molar-refractivity contribution is -0.138. The molecule has 2 aliphatic rings. The molecule has 1 aromatic rings. The van der Waals surface area contributed by atoms with E-state index in [1.54, 1.807) is 6.33 Å². The summed E-state index contributed by atoms with van der Waals surface area (Å²) in [5.74, 6) is 0.763. The maximum absolute atomic E-state index is 9.60. The van der Waals surface area contributed by atoms with Crippen molar-refractivity contribution >= 4 is 6.47 Å². The van der Waals surface area contributed by atoms with Crippen LogP contribution in [0.15, 0.2) is 6.33 Å². The number of carbonyl (C=O) groups is 1. The zero-order valence-electron chi connectivity index (χ0n) is 13.4. The molecule has 7 nitrogen and oxygen atoms in total. The highest BCUT2D eigenvalue weighted by Gasteiger charge is 2.22. The molecule has 1 aromatic heterocycles. The Kier molecular flexibility index (Phi) is 5.68. The van der Waals surface area contributed by atoms with E-state index in [0.717, 1.165) is 49.7 Å². The van der Waals surface area contributed by atoms with Crippen molar-refractivity contribution in [1.82, 2.24) is 20.6 Å². The molecule has 3 rings (SSSR count). The Morgan fingerprint density at radius 2 is 2.05 bits per heavy atom. The second-order valence-corrected chi connectivity index (χ2v) is 6.26. The van der Waals surface area contributed by atoms with Crippen molar-refractivity contribution in [3.8, 4) is 5.88 Å². The molecular formula is C15H24N4O3. The number of rotatable bonds is 3. The molecule has 2 N–H and O–H groups in total. The molecule has 2 aliphatic heterocycles. The molecule has 0 saturated carbocycles. The Morgan fingerprint density at radius 1 is 1.27 bits per heavy atom. The average Bonchev–Trinajstić information content (AvgIpc) is 2.42. The number of hydrogen-bond donors (Lipinski definition) is 2. The summed E-state index contributed by atoms with van der Waals surface area (Å²) in [5, 5.41) is 6.49. The quantitative estimate of drug-likeness (QED) is 0.783. The summed E-state index contributed by atoms with van der Waals surface area (Å²) >= 11 is 0. The Balaban J connectivity index is 0.000000217. The smallest absolute Gasteiger partial charge is 0.293 e. The molecule has 0 aromatic carbocycles. The van der Waals surface area contributed by atoms with Crippen LogP contribution in [0.25, 0.3) is 0 Å². The summed E-state index contributed by atoms with van der Waals surface area (Å²) in [7, 11) is 0. The molecule has 1 fully saturated rings. The third-order valence-corrected chi connectivity index (χ3v) is 3.26. The first-order valence-corrected chi connectivity index (χ1v) is 7.52. The topological polar surface area (TPSA) is 85.4 Å². The second-order valence-electron chi connectivity index (χ2n) is 6.26. The highest BCUT2D eigenvalue weighted by Crippen LogP contribution is 2.22. The lowest BCUT2D eigenvalue weighted by Gasteiger charge is -2.29. The SMILES string of the molecule is CC(C)(C)OC=O.c1nc2c(c(OC3CNC3)n1)CNCC2. The van der Waals surface area contributed by atoms with Crippen LogP contribution < -0.4 is 15.4 Å². The number of fused-ring (bicyclic) bond motifs is 1. The van der Waals surface area contributed by atoms with Crippen LogP contribution in [0, 0.1) is 0 Å². The first-order valence-electron chi connectivity index (χ1n) is 7.52. The number of nitrogens with zero attached hydrogens (tertiary/aromatic N) is 2. The van der Waals surface area contributed by atoms with Gasteiger partial charge in [-0.15, -0.1) is 0 Å². The predicted octanol–water partition coefficient (Wildman–Crippen LogP) is 0.431. The fourth-order valence-corrected chi connectivity index (χ4v) is 1.99. The summed E-state index contributed by atoms with van der Waals surface area (Å²) in [6.45, 7) is 9.59. The van der Waals surface area contributed by atoms with Gasteiger partial charge in [0.1, 0.15) is 18.0 Å². The van der Waals surface area contributed by atoms with Crippen molar-refractivity contribution in [2.75, 3.05) is 19.6 Å². The molecule has 0 radical (unpaired) electrons. The molecule has 7 heteroatoms. The van der Waals surface area contributed by atoms with E-state index in [0.29, 0.717) is 6.47 Å². The monoisotopic (exact) mass is 308 g/mol. The number of nitrogens with one attached hydrogen (secondary N) is 2. The Labute approximate surface area is 130 Å². The maximum atomic E-state index is 9.60. The van der Waals surface area contributed by atoms with Crippen LogP contribution in [0.3, 0.4) is 0 Å². The van der Waals surface area contributed by atoms with Crippen LogP contribution >= 0.6 is 0 Å². The minimum absolute atomic E-state index is 0.283. The molecule has 22 heavy (non-hydrogen) atoms. The van der Waals surface area contributed by atoms with Gasteiger partial charge in [-0.2, -0.15) is 0 Å². The molecule has 0 unspecified atom stereocenters. The predicted molar refractivity (Wildman–Crippen MR) is 81.6 cm³/mol. The van der Waals surface area contributed by atoms with E-state index in [9.17, 15) is 4.79 Å². The van der Waals surface area contributed by atoms with Gasteiger partial charge in [0.25, 0.3) is 6.47 Å². The maximum Gasteiger partial charge on any atom is 0.293 e. The number of carbonyl (C=O) groups excluding carboxylic acids is 1. The van der Waals surface area contributed by atoms with E-state index in [1.807, 2.05) is 20.8 Å². The summed E-state index contributed by atoms with van der Waals surface area (Å²) < 4.78 is 10.3. The summed E-state index contributed by atoms with van der Waals surface area (Å²) in [6, 6.07) is 0. The molecule has 0 atom stereocenters. The fourth-order valence-electron chi connectivity index (χ4n) is 1.99. The molecule has 0 aliphatic carbocycles. The molecule has 3 heterocycles. The van der Waals surface area contributed by atoms with Crippen LogP contribution in [0.4, 0.5) is 0 Å². The van der Waals surface area contributed by atoms with Gasteiger partial charge in [0.15, 0.2) is 0 Å². The van der Waals surface area contributed by atoms with Crippen LogP contribution in [-0.2, 0) is 22.5 Å². The van der Waals surface area contributed by atoms with E-state index in [1.165, 1.54) is 0 Å². The standard InChI is InChI=1S/C10H14N4O.C5H10O2/c1-2-11-5-8-9(1)13-6-14-10(8)15-7-3-12-4-7;1-5(2,3)7-4-6/h6-7,11-12H,1-5H2;4H,1-3H3. The molecule has 0 bridgehead atoms. The minimum atomic E-state index is -0.318. The van der Waals surface area contributed by atoms with Crippen molar-refractivity contribution in [3.05, 3.63) is 17.6 Å². The first-order chi connectivity index (χ1) is 10.5. The largest absolute Gasteiger partial charge is 0.471 e. The summed E-state index contributed by atoms with van der Waals surface area (Å²) in [4.78, 5) is 18.1. The Hall–Kier alpha value is -1.73. The number of ether oxygens (including phenoxy) is 2. The molecule has 122 valence electrons. The number of hydrogen-bond acceptors (Lipinski definition) is 7. The summed E-state index contributed by atoms with van der Waals surface area (Å²) in [5.41, 5.74) is 1.95. The zero-order chi connectivity index (χ0) is 16.0. The highest BCUT2D eigenvalue weighted by molar-refractivity contribution is 5.37. The van der Waals surface area contributed by atoms with E-state index < -0.39 is 0 Å². The first kappa shape index (κ1) is 16.6.